The summed E-state index contributed by atoms with van der Waals surface area (Å²) in [6.07, 6.45) is 11.6. The number of hydrogen-bond donors (Lipinski definition) is 0. The zero-order chi connectivity index (χ0) is 12.0. The Hall–Kier alpha value is 0. The molecule has 0 radical (unpaired) electrons. The van der Waals surface area contributed by atoms with E-state index in [2.05, 4.69) is 27.7 Å². The van der Waals surface area contributed by atoms with Crippen molar-refractivity contribution in [2.75, 3.05) is 0 Å². The van der Waals surface area contributed by atoms with E-state index in [9.17, 15) is 0 Å². The summed E-state index contributed by atoms with van der Waals surface area (Å²) in [6.45, 7) is 9.58. The molecule has 4 unspecified atom stereocenters. The zero-order valence-corrected chi connectivity index (χ0v) is 12.0. The van der Waals surface area contributed by atoms with Crippen LogP contribution in [0.2, 0.25) is 0 Å². The molecule has 0 aromatic heterocycles. The van der Waals surface area contributed by atoms with Crippen molar-refractivity contribution in [3.63, 3.8) is 0 Å². The molecule has 0 aromatic rings. The van der Waals surface area contributed by atoms with Crippen LogP contribution in [0, 0.1) is 23.7 Å². The molecule has 0 amide bonds. The van der Waals surface area contributed by atoms with Crippen molar-refractivity contribution in [3.05, 3.63) is 0 Å². The summed E-state index contributed by atoms with van der Waals surface area (Å²) in [5.74, 6) is 4.13. The highest BCUT2D eigenvalue weighted by molar-refractivity contribution is 4.86. The lowest BCUT2D eigenvalue weighted by molar-refractivity contribution is 0.0576. The first kappa shape index (κ1) is 14.1. The van der Waals surface area contributed by atoms with Crippen molar-refractivity contribution in [2.45, 2.75) is 79.1 Å². The van der Waals surface area contributed by atoms with Crippen LogP contribution in [0.25, 0.3) is 0 Å². The summed E-state index contributed by atoms with van der Waals surface area (Å²) in [7, 11) is 0. The van der Waals surface area contributed by atoms with Gasteiger partial charge < -0.3 is 0 Å². The first-order valence-electron chi connectivity index (χ1n) is 7.69. The van der Waals surface area contributed by atoms with Crippen LogP contribution in [0.4, 0.5) is 0 Å². The molecule has 0 heterocycles. The van der Waals surface area contributed by atoms with Gasteiger partial charge in [-0.2, -0.15) is 0 Å². The lowest BCUT2D eigenvalue weighted by Crippen LogP contribution is -2.35. The Morgan fingerprint density at radius 1 is 1.06 bits per heavy atom. The van der Waals surface area contributed by atoms with E-state index in [1.54, 1.807) is 0 Å². The fourth-order valence-electron chi connectivity index (χ4n) is 3.35. The first-order chi connectivity index (χ1) is 7.69. The van der Waals surface area contributed by atoms with E-state index < -0.39 is 0 Å². The summed E-state index contributed by atoms with van der Waals surface area (Å²) in [5.41, 5.74) is 0. The van der Waals surface area contributed by atoms with E-state index in [1.165, 1.54) is 51.4 Å². The maximum atomic E-state index is 2.50. The molecular weight excluding hydrogens is 192 g/mol. The van der Waals surface area contributed by atoms with E-state index in [0.717, 1.165) is 23.7 Å². The molecule has 0 spiro atoms. The van der Waals surface area contributed by atoms with Crippen LogP contribution >= 0.6 is 0 Å². The molecule has 0 aromatic carbocycles. The summed E-state index contributed by atoms with van der Waals surface area (Å²) >= 11 is 0. The number of rotatable bonds is 8. The van der Waals surface area contributed by atoms with Gasteiger partial charge >= 0.3 is 0 Å². The van der Waals surface area contributed by atoms with E-state index in [4.69, 9.17) is 0 Å². The van der Waals surface area contributed by atoms with E-state index >= 15 is 0 Å². The fourth-order valence-corrected chi connectivity index (χ4v) is 3.35. The van der Waals surface area contributed by atoms with Gasteiger partial charge in [0.15, 0.2) is 0 Å². The van der Waals surface area contributed by atoms with E-state index in [-0.39, 0.29) is 0 Å². The minimum absolute atomic E-state index is 0.972. The Labute approximate surface area is 103 Å². The largest absolute Gasteiger partial charge is 0.0654 e. The second-order valence-electron chi connectivity index (χ2n) is 6.24. The van der Waals surface area contributed by atoms with Crippen LogP contribution in [0.3, 0.4) is 0 Å². The third-order valence-corrected chi connectivity index (χ3v) is 4.78. The minimum Gasteiger partial charge on any atom is -0.0654 e. The van der Waals surface area contributed by atoms with Gasteiger partial charge in [-0.25, -0.2) is 0 Å². The summed E-state index contributed by atoms with van der Waals surface area (Å²) < 4.78 is 0. The molecule has 1 aliphatic carbocycles. The predicted molar refractivity (Wildman–Crippen MR) is 73.6 cm³/mol. The van der Waals surface area contributed by atoms with Crippen LogP contribution in [0.5, 0.6) is 0 Å². The molecule has 0 nitrogen and oxygen atoms in total. The lowest BCUT2D eigenvalue weighted by atomic mass is 9.61. The van der Waals surface area contributed by atoms with Gasteiger partial charge in [-0.3, -0.25) is 0 Å². The van der Waals surface area contributed by atoms with Crippen LogP contribution in [0.1, 0.15) is 79.1 Å². The molecule has 96 valence electrons. The van der Waals surface area contributed by atoms with Crippen LogP contribution < -0.4 is 0 Å². The highest BCUT2D eigenvalue weighted by atomic mass is 14.4. The molecule has 0 bridgehead atoms. The standard InChI is InChI=1S/C16H32/c1-5-7-9-13(3)11-16-12-15(14(16)4)10-8-6-2/h13-16H,5-12H2,1-4H3. The molecular formula is C16H32. The van der Waals surface area contributed by atoms with Gasteiger partial charge in [0.25, 0.3) is 0 Å². The van der Waals surface area contributed by atoms with Crippen molar-refractivity contribution < 1.29 is 0 Å². The van der Waals surface area contributed by atoms with E-state index in [0.29, 0.717) is 0 Å². The van der Waals surface area contributed by atoms with Gasteiger partial charge in [-0.1, -0.05) is 66.2 Å². The Morgan fingerprint density at radius 2 is 1.75 bits per heavy atom. The lowest BCUT2D eigenvalue weighted by Gasteiger charge is -2.44. The third-order valence-electron chi connectivity index (χ3n) is 4.78. The Bertz CT molecular complexity index is 173. The average Bonchev–Trinajstić information content (AvgIpc) is 2.29. The molecule has 1 aliphatic rings. The second kappa shape index (κ2) is 7.35. The molecule has 1 saturated carbocycles. The van der Waals surface area contributed by atoms with Crippen molar-refractivity contribution in [1.82, 2.24) is 0 Å². The maximum absolute atomic E-state index is 2.50. The van der Waals surface area contributed by atoms with Gasteiger partial charge in [0.05, 0.1) is 0 Å². The number of hydrogen-bond acceptors (Lipinski definition) is 0. The molecule has 0 N–H and O–H groups in total. The molecule has 1 fully saturated rings. The van der Waals surface area contributed by atoms with Gasteiger partial charge in [0.2, 0.25) is 0 Å². The van der Waals surface area contributed by atoms with Crippen LogP contribution in [-0.2, 0) is 0 Å². The van der Waals surface area contributed by atoms with Gasteiger partial charge in [0, 0.05) is 0 Å². The van der Waals surface area contributed by atoms with Crippen LogP contribution in [-0.4, -0.2) is 0 Å². The molecule has 0 heteroatoms. The minimum atomic E-state index is 0.972. The Morgan fingerprint density at radius 3 is 2.31 bits per heavy atom. The first-order valence-corrected chi connectivity index (χ1v) is 7.69. The Balaban J connectivity index is 2.12. The van der Waals surface area contributed by atoms with E-state index in [1.807, 2.05) is 0 Å². The average molecular weight is 224 g/mol. The molecule has 1 rings (SSSR count). The maximum Gasteiger partial charge on any atom is -0.0381 e. The number of unbranched alkanes of at least 4 members (excludes halogenated alkanes) is 2. The topological polar surface area (TPSA) is 0 Å². The molecule has 0 aliphatic heterocycles. The van der Waals surface area contributed by atoms with Gasteiger partial charge in [-0.05, 0) is 36.5 Å². The van der Waals surface area contributed by atoms with Crippen molar-refractivity contribution >= 4 is 0 Å². The molecule has 4 atom stereocenters. The molecule has 0 saturated heterocycles. The SMILES string of the molecule is CCCCC(C)CC1CC(CCCC)C1C. The monoisotopic (exact) mass is 224 g/mol. The molecule has 16 heavy (non-hydrogen) atoms. The summed E-state index contributed by atoms with van der Waals surface area (Å²) in [4.78, 5) is 0. The summed E-state index contributed by atoms with van der Waals surface area (Å²) in [5, 5.41) is 0. The highest BCUT2D eigenvalue weighted by Crippen LogP contribution is 2.46. The highest BCUT2D eigenvalue weighted by Gasteiger charge is 2.36. The quantitative estimate of drug-likeness (QED) is 0.498. The predicted octanol–water partition coefficient (Wildman–Crippen LogP) is 5.67. The van der Waals surface area contributed by atoms with Crippen molar-refractivity contribution in [3.8, 4) is 0 Å². The van der Waals surface area contributed by atoms with Crippen molar-refractivity contribution in [1.29, 1.82) is 0 Å². The second-order valence-corrected chi connectivity index (χ2v) is 6.24. The van der Waals surface area contributed by atoms with Gasteiger partial charge in [0.1, 0.15) is 0 Å². The third kappa shape index (κ3) is 4.11. The summed E-state index contributed by atoms with van der Waals surface area (Å²) in [6, 6.07) is 0. The Kier molecular flexibility index (Phi) is 6.46. The fraction of sp³-hybridized carbons (Fsp3) is 1.00. The van der Waals surface area contributed by atoms with Crippen molar-refractivity contribution in [2.24, 2.45) is 23.7 Å². The van der Waals surface area contributed by atoms with Gasteiger partial charge in [-0.15, -0.1) is 0 Å². The normalized spacial score (nSPS) is 31.1. The smallest absolute Gasteiger partial charge is 0.0381 e. The zero-order valence-electron chi connectivity index (χ0n) is 12.0. The van der Waals surface area contributed by atoms with Crippen LogP contribution in [0.15, 0.2) is 0 Å².